The van der Waals surface area contributed by atoms with Gasteiger partial charge in [0.2, 0.25) is 5.91 Å². The lowest BCUT2D eigenvalue weighted by Gasteiger charge is -2.03. The molecule has 2 aliphatic carbocycles. The summed E-state index contributed by atoms with van der Waals surface area (Å²) < 4.78 is 0. The van der Waals surface area contributed by atoms with E-state index < -0.39 is 0 Å². The van der Waals surface area contributed by atoms with Crippen molar-refractivity contribution in [3.8, 4) is 0 Å². The van der Waals surface area contributed by atoms with Crippen LogP contribution in [0.1, 0.15) is 30.7 Å². The molecule has 0 radical (unpaired) electrons. The van der Waals surface area contributed by atoms with Crippen LogP contribution in [0, 0.1) is 11.8 Å². The first-order valence-corrected chi connectivity index (χ1v) is 6.02. The van der Waals surface area contributed by atoms with E-state index in [-0.39, 0.29) is 11.8 Å². The minimum absolute atomic E-state index is 0.209. The lowest BCUT2D eigenvalue weighted by molar-refractivity contribution is -0.122. The van der Waals surface area contributed by atoms with Crippen LogP contribution in [0.25, 0.3) is 0 Å². The van der Waals surface area contributed by atoms with Crippen LogP contribution in [0.15, 0.2) is 24.5 Å². The van der Waals surface area contributed by atoms with E-state index in [1.807, 2.05) is 12.1 Å². The van der Waals surface area contributed by atoms with Gasteiger partial charge in [-0.05, 0) is 48.8 Å². The second kappa shape index (κ2) is 3.89. The fourth-order valence-corrected chi connectivity index (χ4v) is 2.16. The molecule has 0 saturated heterocycles. The number of pyridine rings is 1. The van der Waals surface area contributed by atoms with Crippen molar-refractivity contribution in [1.29, 1.82) is 0 Å². The number of carbonyl (C=O) groups is 1. The molecule has 1 aromatic rings. The number of amides is 1. The van der Waals surface area contributed by atoms with Crippen LogP contribution < -0.4 is 5.32 Å². The molecule has 1 amide bonds. The van der Waals surface area contributed by atoms with Gasteiger partial charge in [-0.15, -0.1) is 0 Å². The summed E-state index contributed by atoms with van der Waals surface area (Å²) >= 11 is 0. The number of rotatable bonds is 4. The Morgan fingerprint density at radius 2 is 2.12 bits per heavy atom. The van der Waals surface area contributed by atoms with E-state index in [0.717, 1.165) is 18.9 Å². The average molecular weight is 216 g/mol. The summed E-state index contributed by atoms with van der Waals surface area (Å²) in [4.78, 5) is 15.8. The van der Waals surface area contributed by atoms with Crippen molar-refractivity contribution >= 4 is 5.91 Å². The molecule has 0 aliphatic heterocycles. The van der Waals surface area contributed by atoms with Crippen LogP contribution in [-0.4, -0.2) is 17.4 Å². The Balaban J connectivity index is 1.52. The van der Waals surface area contributed by atoms with Crippen molar-refractivity contribution < 1.29 is 4.79 Å². The molecular formula is C13H16N2O. The highest BCUT2D eigenvalue weighted by Crippen LogP contribution is 2.47. The molecule has 2 atom stereocenters. The quantitative estimate of drug-likeness (QED) is 0.832. The lowest BCUT2D eigenvalue weighted by atomic mass is 10.1. The predicted octanol–water partition coefficient (Wildman–Crippen LogP) is 1.71. The van der Waals surface area contributed by atoms with E-state index in [1.165, 1.54) is 18.4 Å². The average Bonchev–Trinajstić information content (AvgIpc) is 3.19. The second-order valence-electron chi connectivity index (χ2n) is 4.92. The molecule has 3 heteroatoms. The van der Waals surface area contributed by atoms with Crippen LogP contribution in [0.2, 0.25) is 0 Å². The molecule has 3 rings (SSSR count). The van der Waals surface area contributed by atoms with Gasteiger partial charge in [0, 0.05) is 24.9 Å². The van der Waals surface area contributed by atoms with E-state index in [1.54, 1.807) is 12.4 Å². The van der Waals surface area contributed by atoms with E-state index >= 15 is 0 Å². The fraction of sp³-hybridized carbons (Fsp3) is 0.538. The van der Waals surface area contributed by atoms with Crippen molar-refractivity contribution in [2.24, 2.45) is 11.8 Å². The SMILES string of the molecule is O=C(NCC1CC1)[C@H]1C[C@@H]1c1ccncc1. The van der Waals surface area contributed by atoms with Crippen molar-refractivity contribution in [2.45, 2.75) is 25.2 Å². The highest BCUT2D eigenvalue weighted by molar-refractivity contribution is 5.82. The fourth-order valence-electron chi connectivity index (χ4n) is 2.16. The first-order valence-electron chi connectivity index (χ1n) is 6.02. The largest absolute Gasteiger partial charge is 0.356 e. The summed E-state index contributed by atoms with van der Waals surface area (Å²) in [6.07, 6.45) is 7.18. The second-order valence-corrected chi connectivity index (χ2v) is 4.92. The Morgan fingerprint density at radius 1 is 1.38 bits per heavy atom. The molecule has 1 heterocycles. The highest BCUT2D eigenvalue weighted by Gasteiger charge is 2.43. The monoisotopic (exact) mass is 216 g/mol. The molecule has 0 spiro atoms. The third-order valence-electron chi connectivity index (χ3n) is 3.52. The maximum absolute atomic E-state index is 11.8. The van der Waals surface area contributed by atoms with E-state index in [0.29, 0.717) is 5.92 Å². The molecule has 2 aliphatic rings. The van der Waals surface area contributed by atoms with Gasteiger partial charge in [-0.25, -0.2) is 0 Å². The van der Waals surface area contributed by atoms with Crippen molar-refractivity contribution in [3.63, 3.8) is 0 Å². The first-order chi connectivity index (χ1) is 7.84. The summed E-state index contributed by atoms with van der Waals surface area (Å²) in [6.45, 7) is 0.887. The van der Waals surface area contributed by atoms with Crippen molar-refractivity contribution in [1.82, 2.24) is 10.3 Å². The van der Waals surface area contributed by atoms with Crippen LogP contribution in [0.5, 0.6) is 0 Å². The number of hydrogen-bond donors (Lipinski definition) is 1. The third kappa shape index (κ3) is 2.08. The molecule has 1 N–H and O–H groups in total. The topological polar surface area (TPSA) is 42.0 Å². The zero-order chi connectivity index (χ0) is 11.0. The molecule has 2 fully saturated rings. The standard InChI is InChI=1S/C13H16N2O/c16-13(15-8-9-1-2-9)12-7-11(12)10-3-5-14-6-4-10/h3-6,9,11-12H,1-2,7-8H2,(H,15,16)/t11-,12+/m1/s1. The number of carbonyl (C=O) groups excluding carboxylic acids is 1. The molecule has 0 unspecified atom stereocenters. The van der Waals surface area contributed by atoms with Gasteiger partial charge in [0.15, 0.2) is 0 Å². The molecule has 2 saturated carbocycles. The Bertz CT molecular complexity index is 386. The number of aromatic nitrogens is 1. The third-order valence-corrected chi connectivity index (χ3v) is 3.52. The Morgan fingerprint density at radius 3 is 2.81 bits per heavy atom. The zero-order valence-electron chi connectivity index (χ0n) is 9.23. The molecule has 84 valence electrons. The minimum Gasteiger partial charge on any atom is -0.356 e. The molecule has 3 nitrogen and oxygen atoms in total. The minimum atomic E-state index is 0.209. The van der Waals surface area contributed by atoms with Crippen molar-refractivity contribution in [3.05, 3.63) is 30.1 Å². The molecule has 0 bridgehead atoms. The molecular weight excluding hydrogens is 200 g/mol. The maximum atomic E-state index is 11.8. The number of nitrogens with one attached hydrogen (secondary N) is 1. The predicted molar refractivity (Wildman–Crippen MR) is 60.8 cm³/mol. The Kier molecular flexibility index (Phi) is 2.39. The Hall–Kier alpha value is -1.38. The molecule has 16 heavy (non-hydrogen) atoms. The van der Waals surface area contributed by atoms with Gasteiger partial charge in [-0.2, -0.15) is 0 Å². The highest BCUT2D eigenvalue weighted by atomic mass is 16.2. The van der Waals surface area contributed by atoms with E-state index in [2.05, 4.69) is 10.3 Å². The smallest absolute Gasteiger partial charge is 0.223 e. The normalized spacial score (nSPS) is 27.5. The van der Waals surface area contributed by atoms with E-state index in [9.17, 15) is 4.79 Å². The van der Waals surface area contributed by atoms with Crippen molar-refractivity contribution in [2.75, 3.05) is 6.54 Å². The van der Waals surface area contributed by atoms with Gasteiger partial charge in [-0.3, -0.25) is 9.78 Å². The number of hydrogen-bond acceptors (Lipinski definition) is 2. The van der Waals surface area contributed by atoms with Crippen LogP contribution >= 0.6 is 0 Å². The lowest BCUT2D eigenvalue weighted by Crippen LogP contribution is -2.27. The Labute approximate surface area is 95.3 Å². The van der Waals surface area contributed by atoms with Gasteiger partial charge in [0.05, 0.1) is 0 Å². The molecule has 1 aromatic heterocycles. The summed E-state index contributed by atoms with van der Waals surface area (Å²) in [5.74, 6) is 1.65. The van der Waals surface area contributed by atoms with Gasteiger partial charge < -0.3 is 5.32 Å². The van der Waals surface area contributed by atoms with Gasteiger partial charge in [-0.1, -0.05) is 0 Å². The summed E-state index contributed by atoms with van der Waals surface area (Å²) in [5, 5.41) is 3.05. The van der Waals surface area contributed by atoms with Crippen LogP contribution in [0.4, 0.5) is 0 Å². The first kappa shape index (κ1) is 9.82. The van der Waals surface area contributed by atoms with Gasteiger partial charge in [0.25, 0.3) is 0 Å². The summed E-state index contributed by atoms with van der Waals surface area (Å²) in [7, 11) is 0. The summed E-state index contributed by atoms with van der Waals surface area (Å²) in [5.41, 5.74) is 1.25. The van der Waals surface area contributed by atoms with Gasteiger partial charge in [0.1, 0.15) is 0 Å². The van der Waals surface area contributed by atoms with Crippen LogP contribution in [0.3, 0.4) is 0 Å². The summed E-state index contributed by atoms with van der Waals surface area (Å²) in [6, 6.07) is 4.03. The number of nitrogens with zero attached hydrogens (tertiary/aromatic N) is 1. The zero-order valence-corrected chi connectivity index (χ0v) is 9.23. The van der Waals surface area contributed by atoms with E-state index in [4.69, 9.17) is 0 Å². The molecule has 0 aromatic carbocycles. The van der Waals surface area contributed by atoms with Crippen LogP contribution in [-0.2, 0) is 4.79 Å². The maximum Gasteiger partial charge on any atom is 0.223 e. The van der Waals surface area contributed by atoms with Gasteiger partial charge >= 0.3 is 0 Å².